The van der Waals surface area contributed by atoms with Crippen LogP contribution in [-0.2, 0) is 0 Å². The van der Waals surface area contributed by atoms with E-state index in [1.807, 2.05) is 0 Å². The molecule has 0 bridgehead atoms. The molecular weight excluding hydrogens is 122 g/mol. The molecule has 60 valence electrons. The van der Waals surface area contributed by atoms with Crippen LogP contribution in [0.15, 0.2) is 12.2 Å². The van der Waals surface area contributed by atoms with Crippen LogP contribution in [0.25, 0.3) is 0 Å². The van der Waals surface area contributed by atoms with Crippen molar-refractivity contribution >= 4 is 0 Å². The zero-order chi connectivity index (χ0) is 8.15. The van der Waals surface area contributed by atoms with Crippen molar-refractivity contribution in [3.8, 4) is 0 Å². The highest BCUT2D eigenvalue weighted by molar-refractivity contribution is 4.99. The molecule has 0 saturated carbocycles. The van der Waals surface area contributed by atoms with Gasteiger partial charge in [-0.05, 0) is 26.9 Å². The van der Waals surface area contributed by atoms with Gasteiger partial charge in [-0.2, -0.15) is 0 Å². The summed E-state index contributed by atoms with van der Waals surface area (Å²) in [6, 6.07) is 0.537. The lowest BCUT2D eigenvalue weighted by Gasteiger charge is -2.26. The second kappa shape index (κ2) is 4.51. The fourth-order valence-corrected chi connectivity index (χ4v) is 1.08. The van der Waals surface area contributed by atoms with Crippen molar-refractivity contribution in [2.45, 2.75) is 33.7 Å². The van der Waals surface area contributed by atoms with Gasteiger partial charge < -0.3 is 0 Å². The van der Waals surface area contributed by atoms with Crippen molar-refractivity contribution in [1.82, 2.24) is 4.90 Å². The Hall–Kier alpha value is -0.300. The second-order valence-electron chi connectivity index (χ2n) is 2.74. The Balaban J connectivity index is 3.88. The van der Waals surface area contributed by atoms with Crippen LogP contribution in [-0.4, -0.2) is 24.0 Å². The molecule has 0 N–H and O–H groups in total. The molecule has 1 nitrogen and oxygen atoms in total. The Kier molecular flexibility index (Phi) is 4.37. The average molecular weight is 141 g/mol. The van der Waals surface area contributed by atoms with Gasteiger partial charge in [-0.3, -0.25) is 4.90 Å². The van der Waals surface area contributed by atoms with Crippen molar-refractivity contribution in [2.24, 2.45) is 0 Å². The molecular formula is C9H19N. The minimum atomic E-state index is 0.537. The minimum Gasteiger partial charge on any atom is -0.298 e. The largest absolute Gasteiger partial charge is 0.298 e. The monoisotopic (exact) mass is 141 g/mol. The van der Waals surface area contributed by atoms with Crippen molar-refractivity contribution in [3.05, 3.63) is 12.2 Å². The van der Waals surface area contributed by atoms with Gasteiger partial charge in [0.15, 0.2) is 0 Å². The molecule has 0 heterocycles. The first-order chi connectivity index (χ1) is 4.63. The van der Waals surface area contributed by atoms with Crippen LogP contribution in [0.4, 0.5) is 0 Å². The third-order valence-corrected chi connectivity index (χ3v) is 2.07. The summed E-state index contributed by atoms with van der Waals surface area (Å²) in [4.78, 5) is 2.39. The van der Waals surface area contributed by atoms with Crippen molar-refractivity contribution in [3.63, 3.8) is 0 Å². The van der Waals surface area contributed by atoms with E-state index in [2.05, 4.69) is 39.2 Å². The van der Waals surface area contributed by atoms with Crippen LogP contribution < -0.4 is 0 Å². The molecule has 0 fully saturated rings. The topological polar surface area (TPSA) is 3.24 Å². The van der Waals surface area contributed by atoms with Gasteiger partial charge in [0.25, 0.3) is 0 Å². The summed E-state index contributed by atoms with van der Waals surface area (Å²) in [5.41, 5.74) is 1.25. The Labute approximate surface area is 64.7 Å². The quantitative estimate of drug-likeness (QED) is 0.543. The summed E-state index contributed by atoms with van der Waals surface area (Å²) in [5, 5.41) is 0. The number of rotatable bonds is 4. The van der Waals surface area contributed by atoms with Gasteiger partial charge in [-0.15, -0.1) is 0 Å². The van der Waals surface area contributed by atoms with Gasteiger partial charge in [-0.25, -0.2) is 0 Å². The van der Waals surface area contributed by atoms with Crippen LogP contribution >= 0.6 is 0 Å². The van der Waals surface area contributed by atoms with Crippen LogP contribution in [0.2, 0.25) is 0 Å². The Bertz CT molecular complexity index is 103. The van der Waals surface area contributed by atoms with Crippen LogP contribution in [0, 0.1) is 0 Å². The summed E-state index contributed by atoms with van der Waals surface area (Å²) in [6.07, 6.45) is 0. The molecule has 0 rings (SSSR count). The molecule has 1 heteroatoms. The predicted molar refractivity (Wildman–Crippen MR) is 47.2 cm³/mol. The van der Waals surface area contributed by atoms with E-state index >= 15 is 0 Å². The third-order valence-electron chi connectivity index (χ3n) is 2.07. The molecule has 0 aliphatic rings. The molecule has 0 unspecified atom stereocenters. The summed E-state index contributed by atoms with van der Waals surface area (Å²) in [6.45, 7) is 14.8. The highest BCUT2D eigenvalue weighted by atomic mass is 15.1. The fraction of sp³-hybridized carbons (Fsp3) is 0.778. The van der Waals surface area contributed by atoms with Gasteiger partial charge in [0.2, 0.25) is 0 Å². The summed E-state index contributed by atoms with van der Waals surface area (Å²) < 4.78 is 0. The molecule has 0 spiro atoms. The van der Waals surface area contributed by atoms with Crippen LogP contribution in [0.1, 0.15) is 27.7 Å². The van der Waals surface area contributed by atoms with Crippen LogP contribution in [0.5, 0.6) is 0 Å². The molecule has 0 aliphatic heterocycles. The average Bonchev–Trinajstić information content (AvgIpc) is 1.90. The van der Waals surface area contributed by atoms with E-state index in [1.54, 1.807) is 0 Å². The molecule has 0 radical (unpaired) electrons. The molecule has 0 aromatic rings. The zero-order valence-corrected chi connectivity index (χ0v) is 7.65. The van der Waals surface area contributed by atoms with Crippen molar-refractivity contribution in [2.75, 3.05) is 13.1 Å². The lowest BCUT2D eigenvalue weighted by molar-refractivity contribution is 0.259. The maximum Gasteiger partial charge on any atom is 0.0273 e. The first-order valence-corrected chi connectivity index (χ1v) is 4.02. The van der Waals surface area contributed by atoms with E-state index in [-0.39, 0.29) is 0 Å². The molecule has 0 aliphatic carbocycles. The Morgan fingerprint density at radius 2 is 1.80 bits per heavy atom. The van der Waals surface area contributed by atoms with E-state index < -0.39 is 0 Å². The molecule has 0 saturated heterocycles. The van der Waals surface area contributed by atoms with E-state index in [9.17, 15) is 0 Å². The maximum absolute atomic E-state index is 3.93. The van der Waals surface area contributed by atoms with Gasteiger partial charge in [-0.1, -0.05) is 26.0 Å². The zero-order valence-electron chi connectivity index (χ0n) is 7.65. The second-order valence-corrected chi connectivity index (χ2v) is 2.74. The van der Waals surface area contributed by atoms with Gasteiger partial charge >= 0.3 is 0 Å². The Morgan fingerprint density at radius 3 is 1.90 bits per heavy atom. The standard InChI is InChI=1S/C9H19N/c1-6-10(7-2)9(5)8(3)4/h9H,3,6-7H2,1-2,4-5H3/t9-/m0/s1. The normalized spacial score (nSPS) is 13.7. The minimum absolute atomic E-state index is 0.537. The molecule has 0 aromatic carbocycles. The Morgan fingerprint density at radius 1 is 1.40 bits per heavy atom. The van der Waals surface area contributed by atoms with E-state index in [4.69, 9.17) is 0 Å². The van der Waals surface area contributed by atoms with E-state index in [0.29, 0.717) is 6.04 Å². The molecule has 0 amide bonds. The lowest BCUT2D eigenvalue weighted by Crippen LogP contribution is -2.33. The predicted octanol–water partition coefficient (Wildman–Crippen LogP) is 2.29. The lowest BCUT2D eigenvalue weighted by atomic mass is 10.1. The van der Waals surface area contributed by atoms with E-state index in [1.165, 1.54) is 5.57 Å². The van der Waals surface area contributed by atoms with Crippen molar-refractivity contribution in [1.29, 1.82) is 0 Å². The third kappa shape index (κ3) is 2.53. The fourth-order valence-electron chi connectivity index (χ4n) is 1.08. The van der Waals surface area contributed by atoms with Gasteiger partial charge in [0.05, 0.1) is 0 Å². The summed E-state index contributed by atoms with van der Waals surface area (Å²) in [7, 11) is 0. The molecule has 1 atom stereocenters. The van der Waals surface area contributed by atoms with Crippen molar-refractivity contribution < 1.29 is 0 Å². The van der Waals surface area contributed by atoms with Crippen LogP contribution in [0.3, 0.4) is 0 Å². The number of hydrogen-bond acceptors (Lipinski definition) is 1. The summed E-state index contributed by atoms with van der Waals surface area (Å²) in [5.74, 6) is 0. The number of nitrogens with zero attached hydrogens (tertiary/aromatic N) is 1. The molecule has 10 heavy (non-hydrogen) atoms. The first kappa shape index (κ1) is 9.70. The SMILES string of the molecule is C=C(C)[C@H](C)N(CC)CC. The number of hydrogen-bond donors (Lipinski definition) is 0. The van der Waals surface area contributed by atoms with Gasteiger partial charge in [0.1, 0.15) is 0 Å². The highest BCUT2D eigenvalue weighted by Gasteiger charge is 2.08. The maximum atomic E-state index is 3.93. The van der Waals surface area contributed by atoms with Gasteiger partial charge in [0, 0.05) is 6.04 Å². The highest BCUT2D eigenvalue weighted by Crippen LogP contribution is 2.05. The smallest absolute Gasteiger partial charge is 0.0273 e. The summed E-state index contributed by atoms with van der Waals surface area (Å²) >= 11 is 0. The number of likely N-dealkylation sites (N-methyl/N-ethyl adjacent to an activating group) is 1. The van der Waals surface area contributed by atoms with E-state index in [0.717, 1.165) is 13.1 Å². The molecule has 0 aromatic heterocycles. The first-order valence-electron chi connectivity index (χ1n) is 4.02.